The van der Waals surface area contributed by atoms with Crippen LogP contribution in [0, 0.1) is 26.7 Å². The summed E-state index contributed by atoms with van der Waals surface area (Å²) in [6, 6.07) is 4.76. The first kappa shape index (κ1) is 14.6. The topological polar surface area (TPSA) is 12.0 Å². The summed E-state index contributed by atoms with van der Waals surface area (Å²) in [5, 5.41) is 3.81. The quantitative estimate of drug-likeness (QED) is 0.849. The number of hydrogen-bond donors (Lipinski definition) is 1. The lowest BCUT2D eigenvalue weighted by molar-refractivity contribution is 0.301. The molecule has 0 bridgehead atoms. The Morgan fingerprint density at radius 3 is 2.37 bits per heavy atom. The number of nitrogens with one attached hydrogen (secondary N) is 1. The number of hydrogen-bond acceptors (Lipinski definition) is 1. The van der Waals surface area contributed by atoms with Gasteiger partial charge >= 0.3 is 0 Å². The Kier molecular flexibility index (Phi) is 4.35. The second-order valence-corrected chi connectivity index (χ2v) is 6.95. The highest BCUT2D eigenvalue weighted by molar-refractivity contribution is 5.37. The maximum absolute atomic E-state index is 3.81. The van der Waals surface area contributed by atoms with Crippen molar-refractivity contribution in [2.75, 3.05) is 6.54 Å². The monoisotopic (exact) mass is 259 g/mol. The average molecular weight is 259 g/mol. The largest absolute Gasteiger partial charge is 0.311 e. The van der Waals surface area contributed by atoms with E-state index >= 15 is 0 Å². The SMILES string of the molecule is Cc1cc(C)c(CC2(CC(C)C)CCCN2)cc1C. The van der Waals surface area contributed by atoms with E-state index in [4.69, 9.17) is 0 Å². The van der Waals surface area contributed by atoms with Gasteiger partial charge in [0.1, 0.15) is 0 Å². The van der Waals surface area contributed by atoms with E-state index < -0.39 is 0 Å². The summed E-state index contributed by atoms with van der Waals surface area (Å²) in [5.74, 6) is 0.762. The Morgan fingerprint density at radius 1 is 1.11 bits per heavy atom. The van der Waals surface area contributed by atoms with E-state index in [0.717, 1.165) is 5.92 Å². The molecular weight excluding hydrogens is 230 g/mol. The third kappa shape index (κ3) is 3.39. The first-order valence-electron chi connectivity index (χ1n) is 7.74. The highest BCUT2D eigenvalue weighted by Crippen LogP contribution is 2.32. The molecule has 0 spiro atoms. The van der Waals surface area contributed by atoms with Crippen molar-refractivity contribution >= 4 is 0 Å². The van der Waals surface area contributed by atoms with Crippen LogP contribution in [0.5, 0.6) is 0 Å². The van der Waals surface area contributed by atoms with Gasteiger partial charge in [0.2, 0.25) is 0 Å². The molecule has 19 heavy (non-hydrogen) atoms. The highest BCUT2D eigenvalue weighted by atomic mass is 15.0. The minimum Gasteiger partial charge on any atom is -0.311 e. The summed E-state index contributed by atoms with van der Waals surface area (Å²) in [5.41, 5.74) is 6.19. The van der Waals surface area contributed by atoms with E-state index in [-0.39, 0.29) is 0 Å². The molecule has 1 heterocycles. The standard InChI is InChI=1S/C18H29N/c1-13(2)11-18(7-6-8-19-18)12-17-10-15(4)14(3)9-16(17)5/h9-10,13,19H,6-8,11-12H2,1-5H3. The molecule has 1 fully saturated rings. The van der Waals surface area contributed by atoms with Gasteiger partial charge in [0, 0.05) is 5.54 Å². The van der Waals surface area contributed by atoms with E-state index in [1.165, 1.54) is 54.5 Å². The molecule has 1 aliphatic heterocycles. The van der Waals surface area contributed by atoms with Gasteiger partial charge in [-0.3, -0.25) is 0 Å². The molecule has 0 amide bonds. The van der Waals surface area contributed by atoms with Crippen LogP contribution in [0.2, 0.25) is 0 Å². The maximum Gasteiger partial charge on any atom is 0.0224 e. The van der Waals surface area contributed by atoms with Crippen LogP contribution in [0.4, 0.5) is 0 Å². The van der Waals surface area contributed by atoms with Crippen molar-refractivity contribution in [2.24, 2.45) is 5.92 Å². The first-order valence-corrected chi connectivity index (χ1v) is 7.74. The van der Waals surface area contributed by atoms with Crippen molar-refractivity contribution in [3.05, 3.63) is 34.4 Å². The minimum absolute atomic E-state index is 0.348. The smallest absolute Gasteiger partial charge is 0.0224 e. The van der Waals surface area contributed by atoms with Gasteiger partial charge in [-0.1, -0.05) is 26.0 Å². The average Bonchev–Trinajstić information content (AvgIpc) is 2.73. The molecule has 1 unspecified atom stereocenters. The van der Waals surface area contributed by atoms with Gasteiger partial charge in [-0.2, -0.15) is 0 Å². The molecule has 1 saturated heterocycles. The van der Waals surface area contributed by atoms with Gasteiger partial charge in [-0.25, -0.2) is 0 Å². The van der Waals surface area contributed by atoms with Crippen molar-refractivity contribution in [1.29, 1.82) is 0 Å². The molecule has 1 nitrogen and oxygen atoms in total. The van der Waals surface area contributed by atoms with E-state index in [9.17, 15) is 0 Å². The second-order valence-electron chi connectivity index (χ2n) is 6.95. The molecule has 106 valence electrons. The van der Waals surface area contributed by atoms with Gasteiger partial charge < -0.3 is 5.32 Å². The molecule has 0 aromatic heterocycles. The molecule has 0 saturated carbocycles. The summed E-state index contributed by atoms with van der Waals surface area (Å²) < 4.78 is 0. The van der Waals surface area contributed by atoms with Crippen molar-refractivity contribution in [2.45, 2.75) is 65.8 Å². The molecule has 1 atom stereocenters. The summed E-state index contributed by atoms with van der Waals surface area (Å²) in [7, 11) is 0. The number of aryl methyl sites for hydroxylation is 3. The third-order valence-electron chi connectivity index (χ3n) is 4.61. The van der Waals surface area contributed by atoms with Crippen LogP contribution in [0.15, 0.2) is 12.1 Å². The van der Waals surface area contributed by atoms with Crippen molar-refractivity contribution in [3.63, 3.8) is 0 Å². The Bertz CT molecular complexity index is 439. The molecule has 1 N–H and O–H groups in total. The fraction of sp³-hybridized carbons (Fsp3) is 0.667. The summed E-state index contributed by atoms with van der Waals surface area (Å²) in [6.07, 6.45) is 5.14. The van der Waals surface area contributed by atoms with E-state index in [0.29, 0.717) is 5.54 Å². The van der Waals surface area contributed by atoms with Crippen LogP contribution >= 0.6 is 0 Å². The molecule has 1 aliphatic rings. The fourth-order valence-electron chi connectivity index (χ4n) is 3.62. The third-order valence-corrected chi connectivity index (χ3v) is 4.61. The predicted octanol–water partition coefficient (Wildman–Crippen LogP) is 4.32. The fourth-order valence-corrected chi connectivity index (χ4v) is 3.62. The Hall–Kier alpha value is -0.820. The van der Waals surface area contributed by atoms with Gasteiger partial charge in [-0.15, -0.1) is 0 Å². The van der Waals surface area contributed by atoms with Crippen LogP contribution in [0.3, 0.4) is 0 Å². The Morgan fingerprint density at radius 2 is 1.79 bits per heavy atom. The highest BCUT2D eigenvalue weighted by Gasteiger charge is 2.34. The second kappa shape index (κ2) is 5.66. The number of rotatable bonds is 4. The lowest BCUT2D eigenvalue weighted by Gasteiger charge is -2.32. The van der Waals surface area contributed by atoms with Gasteiger partial charge in [-0.05, 0) is 81.2 Å². The normalized spacial score (nSPS) is 23.3. The van der Waals surface area contributed by atoms with Crippen LogP contribution in [0.1, 0.15) is 55.4 Å². The zero-order valence-electron chi connectivity index (χ0n) is 13.3. The minimum atomic E-state index is 0.348. The molecular formula is C18H29N. The molecule has 2 rings (SSSR count). The zero-order chi connectivity index (χ0) is 14.0. The van der Waals surface area contributed by atoms with Crippen molar-refractivity contribution in [1.82, 2.24) is 5.32 Å². The number of benzene rings is 1. The Balaban J connectivity index is 2.24. The Labute approximate surface area is 118 Å². The lowest BCUT2D eigenvalue weighted by atomic mass is 9.80. The summed E-state index contributed by atoms with van der Waals surface area (Å²) >= 11 is 0. The van der Waals surface area contributed by atoms with E-state index in [1.54, 1.807) is 0 Å². The first-order chi connectivity index (χ1) is 8.92. The maximum atomic E-state index is 3.81. The van der Waals surface area contributed by atoms with Crippen molar-refractivity contribution in [3.8, 4) is 0 Å². The molecule has 1 heteroatoms. The van der Waals surface area contributed by atoms with E-state index in [2.05, 4.69) is 52.1 Å². The molecule has 1 aromatic carbocycles. The molecule has 0 aliphatic carbocycles. The van der Waals surface area contributed by atoms with Crippen LogP contribution in [0.25, 0.3) is 0 Å². The van der Waals surface area contributed by atoms with Gasteiger partial charge in [0.05, 0.1) is 0 Å². The van der Waals surface area contributed by atoms with Gasteiger partial charge in [0.15, 0.2) is 0 Å². The lowest BCUT2D eigenvalue weighted by Crippen LogP contribution is -2.43. The van der Waals surface area contributed by atoms with Crippen LogP contribution < -0.4 is 5.32 Å². The summed E-state index contributed by atoms with van der Waals surface area (Å²) in [6.45, 7) is 12.6. The van der Waals surface area contributed by atoms with Gasteiger partial charge in [0.25, 0.3) is 0 Å². The molecule has 1 aromatic rings. The molecule has 0 radical (unpaired) electrons. The van der Waals surface area contributed by atoms with E-state index in [1.807, 2.05) is 0 Å². The summed E-state index contributed by atoms with van der Waals surface area (Å²) in [4.78, 5) is 0. The predicted molar refractivity (Wildman–Crippen MR) is 83.8 cm³/mol. The zero-order valence-corrected chi connectivity index (χ0v) is 13.3. The van der Waals surface area contributed by atoms with Crippen LogP contribution in [-0.4, -0.2) is 12.1 Å². The van der Waals surface area contributed by atoms with Crippen LogP contribution in [-0.2, 0) is 6.42 Å². The van der Waals surface area contributed by atoms with Crippen molar-refractivity contribution < 1.29 is 0 Å².